The third-order valence-electron chi connectivity index (χ3n) is 11.2. The molecule has 0 radical (unpaired) electrons. The van der Waals surface area contributed by atoms with Gasteiger partial charge in [0.1, 0.15) is 42.0 Å². The number of aliphatic hydroxyl groups is 2. The number of ether oxygens (including phenoxy) is 6. The molecular weight excluding hydrogens is 628 g/mol. The van der Waals surface area contributed by atoms with Crippen LogP contribution in [0, 0.1) is 29.6 Å². The van der Waals surface area contributed by atoms with Crippen molar-refractivity contribution < 1.29 is 48.2 Å². The second-order valence-electron chi connectivity index (χ2n) is 15.8. The minimum atomic E-state index is -1.68. The Kier molecular flexibility index (Phi) is 11.7. The highest BCUT2D eigenvalue weighted by atomic mass is 16.7. The van der Waals surface area contributed by atoms with E-state index < -0.39 is 66.0 Å². The molecule has 13 unspecified atom stereocenters. The predicted molar refractivity (Wildman–Crippen MR) is 183 cm³/mol. The summed E-state index contributed by atoms with van der Waals surface area (Å²) in [6.45, 7) is 16.0. The zero-order valence-electron chi connectivity index (χ0n) is 30.7. The SMILES string of the molecule is COC1C(C)=CC2C(=O)OC3CC(CC=C(C)CC(C)/C=C/C=C4COC1C42O)OC1(C3)OC(C)C(C)C(OC(=O)C(C)CC(C)C)C1O. The van der Waals surface area contributed by atoms with E-state index in [0.717, 1.165) is 12.0 Å². The highest BCUT2D eigenvalue weighted by Gasteiger charge is 2.62. The van der Waals surface area contributed by atoms with E-state index in [1.807, 2.05) is 39.8 Å². The summed E-state index contributed by atoms with van der Waals surface area (Å²) in [5.74, 6) is -3.74. The van der Waals surface area contributed by atoms with Crippen LogP contribution in [0.25, 0.3) is 0 Å². The van der Waals surface area contributed by atoms with Gasteiger partial charge in [-0.1, -0.05) is 70.6 Å². The highest BCUT2D eigenvalue weighted by molar-refractivity contribution is 5.78. The molecule has 10 nitrogen and oxygen atoms in total. The number of hydrogen-bond acceptors (Lipinski definition) is 10. The Morgan fingerprint density at radius 2 is 1.86 bits per heavy atom. The first-order valence-electron chi connectivity index (χ1n) is 18.1. The maximum absolute atomic E-state index is 14.3. The quantitative estimate of drug-likeness (QED) is 0.288. The Morgan fingerprint density at radius 3 is 2.55 bits per heavy atom. The molecule has 4 aliphatic heterocycles. The Labute approximate surface area is 291 Å². The molecular formula is C39H58O10. The fourth-order valence-corrected chi connectivity index (χ4v) is 8.45. The first-order chi connectivity index (χ1) is 23.1. The van der Waals surface area contributed by atoms with Crippen molar-refractivity contribution in [2.24, 2.45) is 29.6 Å². The molecule has 1 aliphatic carbocycles. The standard InChI is InChI=1S/C39H58O10/c1-21(2)15-25(6)36(41)47-33-26(7)27(8)48-38(34(33)40)19-30-18-29(49-38)14-13-23(4)16-22(3)11-10-12-28-20-45-35-32(44-9)24(5)17-31(37(42)46-30)39(28,35)43/h10-13,17,21-22,25-27,29-35,40,43H,14-16,18-20H2,1-9H3/b11-10+,23-13?,28-12?. The average Bonchev–Trinajstić information content (AvgIpc) is 3.36. The van der Waals surface area contributed by atoms with Crippen molar-refractivity contribution >= 4 is 11.9 Å². The van der Waals surface area contributed by atoms with Crippen molar-refractivity contribution in [3.63, 3.8) is 0 Å². The van der Waals surface area contributed by atoms with Crippen molar-refractivity contribution in [1.82, 2.24) is 0 Å². The molecule has 13 atom stereocenters. The largest absolute Gasteiger partial charge is 0.462 e. The highest BCUT2D eigenvalue weighted by Crippen LogP contribution is 2.48. The Morgan fingerprint density at radius 1 is 1.12 bits per heavy atom. The number of aliphatic hydroxyl groups excluding tert-OH is 1. The van der Waals surface area contributed by atoms with Crippen molar-refractivity contribution in [2.45, 2.75) is 142 Å². The van der Waals surface area contributed by atoms with Gasteiger partial charge in [0.05, 0.1) is 24.7 Å². The van der Waals surface area contributed by atoms with Gasteiger partial charge in [0.15, 0.2) is 0 Å². The fourth-order valence-electron chi connectivity index (χ4n) is 8.45. The van der Waals surface area contributed by atoms with E-state index in [-0.39, 0.29) is 36.8 Å². The molecule has 0 amide bonds. The van der Waals surface area contributed by atoms with Crippen LogP contribution in [-0.2, 0) is 38.0 Å². The Hall–Kier alpha value is -2.34. The van der Waals surface area contributed by atoms with Crippen LogP contribution in [0.15, 0.2) is 47.1 Å². The molecule has 49 heavy (non-hydrogen) atoms. The van der Waals surface area contributed by atoms with Crippen LogP contribution in [0.1, 0.15) is 87.5 Å². The lowest BCUT2D eigenvalue weighted by molar-refractivity contribution is -0.383. The lowest BCUT2D eigenvalue weighted by Crippen LogP contribution is -2.67. The summed E-state index contributed by atoms with van der Waals surface area (Å²) in [4.78, 5) is 27.5. The normalized spacial score (nSPS) is 42.8. The maximum Gasteiger partial charge on any atom is 0.316 e. The van der Waals surface area contributed by atoms with Crippen LogP contribution in [0.5, 0.6) is 0 Å². The first-order valence-corrected chi connectivity index (χ1v) is 18.1. The zero-order valence-corrected chi connectivity index (χ0v) is 30.7. The average molecular weight is 687 g/mol. The van der Waals surface area contributed by atoms with E-state index in [4.69, 9.17) is 28.4 Å². The van der Waals surface area contributed by atoms with Gasteiger partial charge in [0.2, 0.25) is 5.79 Å². The van der Waals surface area contributed by atoms with E-state index in [2.05, 4.69) is 39.8 Å². The number of carbonyl (C=O) groups excluding carboxylic acids is 2. The predicted octanol–water partition coefficient (Wildman–Crippen LogP) is 5.36. The summed E-state index contributed by atoms with van der Waals surface area (Å²) in [7, 11) is 1.57. The lowest BCUT2D eigenvalue weighted by Gasteiger charge is -2.53. The van der Waals surface area contributed by atoms with Gasteiger partial charge in [-0.2, -0.15) is 0 Å². The van der Waals surface area contributed by atoms with Crippen LogP contribution < -0.4 is 0 Å². The first kappa shape index (κ1) is 37.9. The van der Waals surface area contributed by atoms with Gasteiger partial charge >= 0.3 is 11.9 Å². The molecule has 3 fully saturated rings. The van der Waals surface area contributed by atoms with Gasteiger partial charge in [0, 0.05) is 25.9 Å². The summed E-state index contributed by atoms with van der Waals surface area (Å²) in [5.41, 5.74) is 0.840. The van der Waals surface area contributed by atoms with Gasteiger partial charge in [-0.25, -0.2) is 0 Å². The minimum Gasteiger partial charge on any atom is -0.462 e. The fraction of sp³-hybridized carbons (Fsp3) is 0.744. The molecule has 0 aromatic carbocycles. The van der Waals surface area contributed by atoms with Gasteiger partial charge in [-0.15, -0.1) is 0 Å². The van der Waals surface area contributed by atoms with E-state index >= 15 is 0 Å². The number of allylic oxidation sites excluding steroid dienone is 4. The second kappa shape index (κ2) is 15.1. The zero-order chi connectivity index (χ0) is 35.8. The van der Waals surface area contributed by atoms with Crippen LogP contribution in [-0.4, -0.2) is 90.0 Å². The van der Waals surface area contributed by atoms with E-state index in [9.17, 15) is 19.8 Å². The number of fused-ring (bicyclic) bond motifs is 2. The van der Waals surface area contributed by atoms with Crippen molar-refractivity contribution in [3.05, 3.63) is 47.1 Å². The molecule has 274 valence electrons. The molecule has 5 rings (SSSR count). The number of rotatable bonds is 5. The molecule has 0 aromatic rings. The monoisotopic (exact) mass is 686 g/mol. The second-order valence-corrected chi connectivity index (χ2v) is 15.8. The van der Waals surface area contributed by atoms with Crippen LogP contribution in [0.4, 0.5) is 0 Å². The van der Waals surface area contributed by atoms with Crippen LogP contribution in [0.2, 0.25) is 0 Å². The van der Waals surface area contributed by atoms with Gasteiger partial charge in [-0.05, 0) is 63.0 Å². The molecule has 0 aromatic heterocycles. The molecule has 4 heterocycles. The summed E-state index contributed by atoms with van der Waals surface area (Å²) < 4.78 is 37.4. The molecule has 0 saturated carbocycles. The third-order valence-corrected chi connectivity index (χ3v) is 11.2. The third kappa shape index (κ3) is 7.65. The van der Waals surface area contributed by atoms with Crippen molar-refractivity contribution in [1.29, 1.82) is 0 Å². The number of carbonyl (C=O) groups is 2. The number of hydrogen-bond donors (Lipinski definition) is 2. The molecule has 2 N–H and O–H groups in total. The lowest BCUT2D eigenvalue weighted by atomic mass is 9.70. The summed E-state index contributed by atoms with van der Waals surface area (Å²) in [6, 6.07) is 0. The summed E-state index contributed by atoms with van der Waals surface area (Å²) in [6.07, 6.45) is 6.94. The molecule has 3 saturated heterocycles. The molecule has 2 bridgehead atoms. The van der Waals surface area contributed by atoms with E-state index in [1.165, 1.54) is 5.57 Å². The Balaban J connectivity index is 1.51. The van der Waals surface area contributed by atoms with Gasteiger partial charge in [0.25, 0.3) is 0 Å². The van der Waals surface area contributed by atoms with Crippen molar-refractivity contribution in [2.75, 3.05) is 13.7 Å². The molecule has 10 heteroatoms. The maximum atomic E-state index is 14.3. The van der Waals surface area contributed by atoms with E-state index in [0.29, 0.717) is 30.8 Å². The van der Waals surface area contributed by atoms with Gasteiger partial charge < -0.3 is 38.6 Å². The molecule has 1 spiro atoms. The van der Waals surface area contributed by atoms with Gasteiger partial charge in [-0.3, -0.25) is 9.59 Å². The van der Waals surface area contributed by atoms with Crippen LogP contribution >= 0.6 is 0 Å². The van der Waals surface area contributed by atoms with Crippen molar-refractivity contribution in [3.8, 4) is 0 Å². The van der Waals surface area contributed by atoms with E-state index in [1.54, 1.807) is 13.2 Å². The number of methoxy groups -OCH3 is 1. The number of esters is 2. The smallest absolute Gasteiger partial charge is 0.316 e. The Bertz CT molecular complexity index is 1350. The molecule has 5 aliphatic rings. The topological polar surface area (TPSA) is 130 Å². The summed E-state index contributed by atoms with van der Waals surface area (Å²) in [5, 5.41) is 24.4. The summed E-state index contributed by atoms with van der Waals surface area (Å²) >= 11 is 0. The minimum absolute atomic E-state index is 0.0305. The van der Waals surface area contributed by atoms with Crippen LogP contribution in [0.3, 0.4) is 0 Å².